The summed E-state index contributed by atoms with van der Waals surface area (Å²) >= 11 is 0. The van der Waals surface area contributed by atoms with Gasteiger partial charge in [0.25, 0.3) is 5.92 Å². The first kappa shape index (κ1) is 22.6. The molecule has 0 aromatic heterocycles. The van der Waals surface area contributed by atoms with E-state index in [0.717, 1.165) is 24.8 Å². The van der Waals surface area contributed by atoms with Crippen LogP contribution >= 0.6 is 0 Å². The first-order chi connectivity index (χ1) is 14.4. The standard InChI is InChI=1S/C25H30F4O/c1-3-5-17-6-8-18(9-7-17)10-11-19-12-14-21(25(28,29)16-19)20-13-15-22(30-4-2)24(27)23(20)26/h6-9,13,15,19,21H,3-5,10-12,14,16H2,1-2H3. The van der Waals surface area contributed by atoms with Gasteiger partial charge in [0, 0.05) is 12.0 Å². The Bertz CT molecular complexity index is 832. The molecule has 164 valence electrons. The molecule has 0 saturated heterocycles. The van der Waals surface area contributed by atoms with E-state index in [-0.39, 0.29) is 36.7 Å². The molecule has 0 bridgehead atoms. The number of ether oxygens (including phenoxy) is 1. The monoisotopic (exact) mass is 422 g/mol. The van der Waals surface area contributed by atoms with E-state index >= 15 is 0 Å². The first-order valence-corrected chi connectivity index (χ1v) is 10.9. The lowest BCUT2D eigenvalue weighted by molar-refractivity contribution is -0.0744. The van der Waals surface area contributed by atoms with Gasteiger partial charge in [0.2, 0.25) is 5.82 Å². The maximum absolute atomic E-state index is 14.9. The van der Waals surface area contributed by atoms with Crippen LogP contribution in [-0.2, 0) is 12.8 Å². The van der Waals surface area contributed by atoms with Gasteiger partial charge >= 0.3 is 0 Å². The number of benzene rings is 2. The molecule has 1 aliphatic rings. The van der Waals surface area contributed by atoms with E-state index < -0.39 is 23.5 Å². The maximum Gasteiger partial charge on any atom is 0.255 e. The van der Waals surface area contributed by atoms with Gasteiger partial charge < -0.3 is 4.74 Å². The molecular formula is C25H30F4O. The third-order valence-corrected chi connectivity index (χ3v) is 6.09. The predicted molar refractivity (Wildman–Crippen MR) is 111 cm³/mol. The maximum atomic E-state index is 14.9. The van der Waals surface area contributed by atoms with Gasteiger partial charge in [-0.1, -0.05) is 43.7 Å². The van der Waals surface area contributed by atoms with Crippen LogP contribution in [0.2, 0.25) is 0 Å². The van der Waals surface area contributed by atoms with Crippen LogP contribution < -0.4 is 4.74 Å². The Morgan fingerprint density at radius 3 is 2.17 bits per heavy atom. The van der Waals surface area contributed by atoms with Gasteiger partial charge in [0.1, 0.15) is 0 Å². The second kappa shape index (κ2) is 9.84. The summed E-state index contributed by atoms with van der Waals surface area (Å²) < 4.78 is 63.5. The lowest BCUT2D eigenvalue weighted by Crippen LogP contribution is -2.35. The SMILES string of the molecule is CCCc1ccc(CCC2CCC(c3ccc(OCC)c(F)c3F)C(F)(F)C2)cc1. The van der Waals surface area contributed by atoms with Crippen molar-refractivity contribution in [3.63, 3.8) is 0 Å². The second-order valence-corrected chi connectivity index (χ2v) is 8.28. The van der Waals surface area contributed by atoms with Gasteiger partial charge in [-0.25, -0.2) is 13.2 Å². The number of aryl methyl sites for hydroxylation is 2. The summed E-state index contributed by atoms with van der Waals surface area (Å²) in [5.74, 6) is -7.11. The molecule has 0 amide bonds. The Kier molecular flexibility index (Phi) is 7.43. The fourth-order valence-electron chi connectivity index (χ4n) is 4.49. The van der Waals surface area contributed by atoms with Gasteiger partial charge in [-0.05, 0) is 62.1 Å². The summed E-state index contributed by atoms with van der Waals surface area (Å²) in [4.78, 5) is 0. The molecule has 2 atom stereocenters. The Labute approximate surface area is 176 Å². The lowest BCUT2D eigenvalue weighted by Gasteiger charge is -2.36. The highest BCUT2D eigenvalue weighted by Crippen LogP contribution is 2.49. The van der Waals surface area contributed by atoms with Crippen molar-refractivity contribution < 1.29 is 22.3 Å². The molecule has 0 spiro atoms. The van der Waals surface area contributed by atoms with E-state index in [9.17, 15) is 17.6 Å². The summed E-state index contributed by atoms with van der Waals surface area (Å²) in [6.45, 7) is 3.97. The smallest absolute Gasteiger partial charge is 0.255 e. The zero-order valence-electron chi connectivity index (χ0n) is 17.7. The molecule has 30 heavy (non-hydrogen) atoms. The molecule has 0 N–H and O–H groups in total. The van der Waals surface area contributed by atoms with E-state index in [0.29, 0.717) is 12.8 Å². The van der Waals surface area contributed by atoms with Gasteiger partial charge in [-0.15, -0.1) is 0 Å². The van der Waals surface area contributed by atoms with Gasteiger partial charge in [-0.2, -0.15) is 4.39 Å². The molecule has 1 fully saturated rings. The quantitative estimate of drug-likeness (QED) is 0.401. The van der Waals surface area contributed by atoms with E-state index in [1.165, 1.54) is 17.7 Å². The minimum absolute atomic E-state index is 0.123. The molecule has 5 heteroatoms. The van der Waals surface area contributed by atoms with Crippen molar-refractivity contribution >= 4 is 0 Å². The molecule has 1 saturated carbocycles. The van der Waals surface area contributed by atoms with Gasteiger partial charge in [0.15, 0.2) is 11.6 Å². The van der Waals surface area contributed by atoms with Crippen LogP contribution in [0.25, 0.3) is 0 Å². The molecule has 3 rings (SSSR count). The average molecular weight is 423 g/mol. The predicted octanol–water partition coefficient (Wildman–Crippen LogP) is 7.47. The van der Waals surface area contributed by atoms with Crippen LogP contribution in [0.15, 0.2) is 36.4 Å². The minimum Gasteiger partial charge on any atom is -0.491 e. The summed E-state index contributed by atoms with van der Waals surface area (Å²) in [7, 11) is 0. The largest absolute Gasteiger partial charge is 0.491 e. The second-order valence-electron chi connectivity index (χ2n) is 8.28. The van der Waals surface area contributed by atoms with Crippen LogP contribution in [0.3, 0.4) is 0 Å². The number of halogens is 4. The molecule has 2 unspecified atom stereocenters. The van der Waals surface area contributed by atoms with Gasteiger partial charge in [0.05, 0.1) is 12.5 Å². The van der Waals surface area contributed by atoms with E-state index in [1.54, 1.807) is 6.92 Å². The molecule has 1 nitrogen and oxygen atoms in total. The Morgan fingerprint density at radius 1 is 0.900 bits per heavy atom. The lowest BCUT2D eigenvalue weighted by atomic mass is 9.74. The van der Waals surface area contributed by atoms with Crippen LogP contribution in [0.1, 0.15) is 68.6 Å². The fraction of sp³-hybridized carbons (Fsp3) is 0.520. The molecule has 0 heterocycles. The first-order valence-electron chi connectivity index (χ1n) is 10.9. The third kappa shape index (κ3) is 5.16. The number of hydrogen-bond donors (Lipinski definition) is 0. The van der Waals surface area contributed by atoms with Crippen molar-refractivity contribution in [2.24, 2.45) is 5.92 Å². The van der Waals surface area contributed by atoms with Crippen molar-refractivity contribution in [2.45, 2.75) is 70.6 Å². The topological polar surface area (TPSA) is 9.23 Å². The van der Waals surface area contributed by atoms with Crippen molar-refractivity contribution in [3.05, 3.63) is 64.7 Å². The van der Waals surface area contributed by atoms with Crippen LogP contribution in [0.5, 0.6) is 5.75 Å². The van der Waals surface area contributed by atoms with E-state index in [1.807, 2.05) is 0 Å². The van der Waals surface area contributed by atoms with Crippen molar-refractivity contribution in [1.29, 1.82) is 0 Å². The normalized spacial score (nSPS) is 20.9. The number of rotatable bonds is 8. The molecule has 2 aromatic rings. The summed E-state index contributed by atoms with van der Waals surface area (Å²) in [5, 5.41) is 0. The van der Waals surface area contributed by atoms with E-state index in [4.69, 9.17) is 4.74 Å². The number of hydrogen-bond acceptors (Lipinski definition) is 1. The van der Waals surface area contributed by atoms with Crippen molar-refractivity contribution in [3.8, 4) is 5.75 Å². The highest BCUT2D eigenvalue weighted by molar-refractivity contribution is 5.34. The zero-order chi connectivity index (χ0) is 21.7. The highest BCUT2D eigenvalue weighted by atomic mass is 19.3. The molecule has 1 aliphatic carbocycles. The number of alkyl halides is 2. The fourth-order valence-corrected chi connectivity index (χ4v) is 4.49. The van der Waals surface area contributed by atoms with Crippen LogP contribution in [-0.4, -0.2) is 12.5 Å². The molecule has 2 aromatic carbocycles. The van der Waals surface area contributed by atoms with Crippen molar-refractivity contribution in [2.75, 3.05) is 6.61 Å². The molecular weight excluding hydrogens is 392 g/mol. The highest BCUT2D eigenvalue weighted by Gasteiger charge is 2.47. The molecule has 0 aliphatic heterocycles. The van der Waals surface area contributed by atoms with Crippen LogP contribution in [0.4, 0.5) is 17.6 Å². The Hall–Kier alpha value is -2.04. The summed E-state index contributed by atoms with van der Waals surface area (Å²) in [5.41, 5.74) is 2.20. The molecule has 0 radical (unpaired) electrons. The average Bonchev–Trinajstić information content (AvgIpc) is 2.72. The zero-order valence-corrected chi connectivity index (χ0v) is 17.7. The third-order valence-electron chi connectivity index (χ3n) is 6.09. The van der Waals surface area contributed by atoms with Gasteiger partial charge in [-0.3, -0.25) is 0 Å². The minimum atomic E-state index is -3.06. The Balaban J connectivity index is 1.63. The Morgan fingerprint density at radius 2 is 1.57 bits per heavy atom. The van der Waals surface area contributed by atoms with E-state index in [2.05, 4.69) is 31.2 Å². The summed E-state index contributed by atoms with van der Waals surface area (Å²) in [6, 6.07) is 10.9. The summed E-state index contributed by atoms with van der Waals surface area (Å²) in [6.07, 6.45) is 4.01. The van der Waals surface area contributed by atoms with Crippen molar-refractivity contribution in [1.82, 2.24) is 0 Å². The van der Waals surface area contributed by atoms with Crippen LogP contribution in [0, 0.1) is 17.6 Å².